The Balaban J connectivity index is 2.01. The number of nitrogens with zero attached hydrogens (tertiary/aromatic N) is 1. The summed E-state index contributed by atoms with van der Waals surface area (Å²) in [5, 5.41) is 4.90. The van der Waals surface area contributed by atoms with Gasteiger partial charge in [-0.25, -0.2) is 4.98 Å². The number of aryl methyl sites for hydroxylation is 2. The smallest absolute Gasteiger partial charge is 0.293 e. The third-order valence-electron chi connectivity index (χ3n) is 3.23. The van der Waals surface area contributed by atoms with Gasteiger partial charge in [-0.15, -0.1) is 0 Å². The highest BCUT2D eigenvalue weighted by Gasteiger charge is 2.17. The van der Waals surface area contributed by atoms with Crippen molar-refractivity contribution in [3.05, 3.63) is 58.2 Å². The fourth-order valence-electron chi connectivity index (χ4n) is 2.29. The number of halogens is 1. The van der Waals surface area contributed by atoms with Crippen LogP contribution in [0.3, 0.4) is 0 Å². The number of rotatable bonds is 2. The monoisotopic (exact) mass is 344 g/mol. The van der Waals surface area contributed by atoms with E-state index in [1.54, 1.807) is 13.8 Å². The number of hydrogen-bond acceptors (Lipinski definition) is 3. The minimum absolute atomic E-state index is 0.250. The van der Waals surface area contributed by atoms with Crippen LogP contribution in [-0.4, -0.2) is 10.9 Å². The van der Waals surface area contributed by atoms with Crippen LogP contribution >= 0.6 is 15.9 Å². The maximum atomic E-state index is 12.3. The van der Waals surface area contributed by atoms with E-state index in [1.165, 1.54) is 0 Å². The third kappa shape index (κ3) is 2.56. The van der Waals surface area contributed by atoms with Gasteiger partial charge in [0.15, 0.2) is 5.89 Å². The summed E-state index contributed by atoms with van der Waals surface area (Å²) in [5.74, 6) is 0.443. The van der Waals surface area contributed by atoms with E-state index < -0.39 is 0 Å². The number of fused-ring (bicyclic) bond motifs is 1. The van der Waals surface area contributed by atoms with Crippen molar-refractivity contribution in [3.63, 3.8) is 0 Å². The van der Waals surface area contributed by atoms with Crippen LogP contribution in [0.15, 0.2) is 45.3 Å². The Morgan fingerprint density at radius 1 is 1.14 bits per heavy atom. The van der Waals surface area contributed by atoms with Crippen molar-refractivity contribution in [2.75, 3.05) is 5.32 Å². The summed E-state index contributed by atoms with van der Waals surface area (Å²) < 4.78 is 6.34. The number of carbonyl (C=O) groups is 1. The molecule has 1 aromatic heterocycles. The molecule has 21 heavy (non-hydrogen) atoms. The van der Waals surface area contributed by atoms with E-state index in [4.69, 9.17) is 4.42 Å². The molecule has 0 saturated carbocycles. The second kappa shape index (κ2) is 5.33. The Hall–Kier alpha value is -2.14. The van der Waals surface area contributed by atoms with Crippen LogP contribution in [0.25, 0.3) is 10.8 Å². The van der Waals surface area contributed by atoms with Gasteiger partial charge in [-0.05, 0) is 24.4 Å². The molecule has 0 spiro atoms. The summed E-state index contributed by atoms with van der Waals surface area (Å²) in [6.07, 6.45) is 0. The number of oxazole rings is 1. The molecule has 106 valence electrons. The van der Waals surface area contributed by atoms with Gasteiger partial charge in [0.05, 0.1) is 5.69 Å². The molecule has 0 saturated heterocycles. The van der Waals surface area contributed by atoms with Gasteiger partial charge in [-0.1, -0.05) is 40.2 Å². The van der Waals surface area contributed by atoms with Crippen molar-refractivity contribution >= 4 is 38.3 Å². The van der Waals surface area contributed by atoms with E-state index in [0.717, 1.165) is 20.9 Å². The molecule has 0 aliphatic carbocycles. The van der Waals surface area contributed by atoms with Crippen molar-refractivity contribution in [2.45, 2.75) is 13.8 Å². The molecule has 0 aliphatic heterocycles. The predicted octanol–water partition coefficient (Wildman–Crippen LogP) is 4.46. The lowest BCUT2D eigenvalue weighted by atomic mass is 10.1. The van der Waals surface area contributed by atoms with Crippen LogP contribution in [0, 0.1) is 13.8 Å². The van der Waals surface area contributed by atoms with E-state index in [9.17, 15) is 4.79 Å². The first kappa shape index (κ1) is 13.8. The lowest BCUT2D eigenvalue weighted by Crippen LogP contribution is -2.12. The number of amides is 1. The predicted molar refractivity (Wildman–Crippen MR) is 85.6 cm³/mol. The Bertz CT molecular complexity index is 839. The maximum Gasteiger partial charge on any atom is 0.293 e. The highest BCUT2D eigenvalue weighted by atomic mass is 79.9. The zero-order chi connectivity index (χ0) is 15.0. The van der Waals surface area contributed by atoms with Gasteiger partial charge in [-0.2, -0.15) is 0 Å². The lowest BCUT2D eigenvalue weighted by Gasteiger charge is -2.09. The first-order valence-electron chi connectivity index (χ1n) is 6.49. The molecule has 1 N–H and O–H groups in total. The molecule has 1 heterocycles. The second-order valence-corrected chi connectivity index (χ2v) is 5.60. The molecule has 0 radical (unpaired) electrons. The zero-order valence-electron chi connectivity index (χ0n) is 11.6. The zero-order valence-corrected chi connectivity index (χ0v) is 13.2. The van der Waals surface area contributed by atoms with Gasteiger partial charge in [0.2, 0.25) is 5.76 Å². The fourth-order valence-corrected chi connectivity index (χ4v) is 2.77. The average molecular weight is 345 g/mol. The van der Waals surface area contributed by atoms with Crippen LogP contribution in [0.4, 0.5) is 5.69 Å². The molecule has 1 amide bonds. The summed E-state index contributed by atoms with van der Waals surface area (Å²) in [7, 11) is 0. The molecular weight excluding hydrogens is 332 g/mol. The van der Waals surface area contributed by atoms with Crippen molar-refractivity contribution < 1.29 is 9.21 Å². The summed E-state index contributed by atoms with van der Waals surface area (Å²) in [5.41, 5.74) is 1.33. The largest absolute Gasteiger partial charge is 0.436 e. The summed E-state index contributed by atoms with van der Waals surface area (Å²) >= 11 is 3.52. The number of carbonyl (C=O) groups excluding carboxylic acids is 1. The fraction of sp³-hybridized carbons (Fsp3) is 0.125. The van der Waals surface area contributed by atoms with Crippen molar-refractivity contribution in [1.82, 2.24) is 4.98 Å². The topological polar surface area (TPSA) is 55.1 Å². The number of benzene rings is 2. The number of aromatic nitrogens is 1. The normalized spacial score (nSPS) is 10.8. The van der Waals surface area contributed by atoms with Gasteiger partial charge in [0.1, 0.15) is 0 Å². The second-order valence-electron chi connectivity index (χ2n) is 4.74. The molecule has 0 bridgehead atoms. The highest BCUT2D eigenvalue weighted by Crippen LogP contribution is 2.30. The minimum atomic E-state index is -0.291. The Kier molecular flexibility index (Phi) is 3.51. The number of nitrogens with one attached hydrogen (secondary N) is 1. The Morgan fingerprint density at radius 3 is 2.52 bits per heavy atom. The molecule has 0 unspecified atom stereocenters. The van der Waals surface area contributed by atoms with Crippen LogP contribution in [0.1, 0.15) is 22.1 Å². The van der Waals surface area contributed by atoms with E-state index in [2.05, 4.69) is 26.2 Å². The molecule has 2 aromatic carbocycles. The number of hydrogen-bond donors (Lipinski definition) is 1. The Labute approximate surface area is 130 Å². The van der Waals surface area contributed by atoms with Crippen LogP contribution in [0.2, 0.25) is 0 Å². The van der Waals surface area contributed by atoms with Crippen molar-refractivity contribution in [1.29, 1.82) is 0 Å². The summed E-state index contributed by atoms with van der Waals surface area (Å²) in [6, 6.07) is 11.6. The molecule has 3 aromatic rings. The average Bonchev–Trinajstić information content (AvgIpc) is 2.81. The van der Waals surface area contributed by atoms with E-state index in [1.807, 2.05) is 36.4 Å². The van der Waals surface area contributed by atoms with Crippen molar-refractivity contribution in [2.24, 2.45) is 0 Å². The maximum absolute atomic E-state index is 12.3. The third-order valence-corrected chi connectivity index (χ3v) is 3.92. The van der Waals surface area contributed by atoms with Gasteiger partial charge in [0, 0.05) is 22.5 Å². The molecule has 5 heteroatoms. The summed E-state index contributed by atoms with van der Waals surface area (Å²) in [6.45, 7) is 3.48. The highest BCUT2D eigenvalue weighted by molar-refractivity contribution is 9.10. The van der Waals surface area contributed by atoms with Gasteiger partial charge in [-0.3, -0.25) is 4.79 Å². The van der Waals surface area contributed by atoms with Gasteiger partial charge < -0.3 is 9.73 Å². The van der Waals surface area contributed by atoms with Gasteiger partial charge >= 0.3 is 0 Å². The first-order chi connectivity index (χ1) is 10.1. The van der Waals surface area contributed by atoms with E-state index in [-0.39, 0.29) is 11.7 Å². The minimum Gasteiger partial charge on any atom is -0.436 e. The van der Waals surface area contributed by atoms with Gasteiger partial charge in [0.25, 0.3) is 5.91 Å². The Morgan fingerprint density at radius 2 is 1.86 bits per heavy atom. The SMILES string of the molecule is Cc1nc(C)c(C(=O)Nc2ccc(Br)c3ccccc23)o1. The molecule has 3 rings (SSSR count). The van der Waals surface area contributed by atoms with Crippen LogP contribution in [-0.2, 0) is 0 Å². The van der Waals surface area contributed by atoms with Crippen LogP contribution < -0.4 is 5.32 Å². The molecule has 0 aliphatic rings. The molecule has 0 atom stereocenters. The first-order valence-corrected chi connectivity index (χ1v) is 7.28. The quantitative estimate of drug-likeness (QED) is 0.746. The summed E-state index contributed by atoms with van der Waals surface area (Å²) in [4.78, 5) is 16.4. The molecule has 4 nitrogen and oxygen atoms in total. The van der Waals surface area contributed by atoms with E-state index in [0.29, 0.717) is 11.6 Å². The van der Waals surface area contributed by atoms with Crippen molar-refractivity contribution in [3.8, 4) is 0 Å². The van der Waals surface area contributed by atoms with Crippen LogP contribution in [0.5, 0.6) is 0 Å². The molecule has 0 fully saturated rings. The lowest BCUT2D eigenvalue weighted by molar-refractivity contribution is 0.0995. The standard InChI is InChI=1S/C16H13BrN2O2/c1-9-15(21-10(2)18-9)16(20)19-14-8-7-13(17)11-5-3-4-6-12(11)14/h3-8H,1-2H3,(H,19,20). The number of anilines is 1. The molecular formula is C16H13BrN2O2. The van der Waals surface area contributed by atoms with E-state index >= 15 is 0 Å².